The van der Waals surface area contributed by atoms with Crippen LogP contribution >= 0.6 is 0 Å². The van der Waals surface area contributed by atoms with Crippen molar-refractivity contribution in [2.24, 2.45) is 5.92 Å². The summed E-state index contributed by atoms with van der Waals surface area (Å²) in [5, 5.41) is 14.0. The van der Waals surface area contributed by atoms with Crippen molar-refractivity contribution in [1.82, 2.24) is 15.0 Å². The SMILES string of the molecule is Cc1noc(CN2CCCCC2C2CCCC2O)n1. The summed E-state index contributed by atoms with van der Waals surface area (Å²) in [7, 11) is 0. The highest BCUT2D eigenvalue weighted by Gasteiger charge is 2.37. The van der Waals surface area contributed by atoms with E-state index in [-0.39, 0.29) is 6.10 Å². The van der Waals surface area contributed by atoms with Gasteiger partial charge in [0.1, 0.15) is 0 Å². The Morgan fingerprint density at radius 3 is 2.84 bits per heavy atom. The molecule has 3 atom stereocenters. The lowest BCUT2D eigenvalue weighted by Gasteiger charge is -2.39. The van der Waals surface area contributed by atoms with Gasteiger partial charge in [-0.2, -0.15) is 4.98 Å². The molecule has 1 N–H and O–H groups in total. The first kappa shape index (κ1) is 13.1. The van der Waals surface area contributed by atoms with Gasteiger partial charge in [-0.15, -0.1) is 0 Å². The van der Waals surface area contributed by atoms with E-state index in [1.54, 1.807) is 0 Å². The molecule has 5 heteroatoms. The molecular formula is C14H23N3O2. The Kier molecular flexibility index (Phi) is 3.84. The van der Waals surface area contributed by atoms with Crippen LogP contribution in [0.15, 0.2) is 4.52 Å². The highest BCUT2D eigenvalue weighted by molar-refractivity contribution is 4.92. The van der Waals surface area contributed by atoms with Crippen LogP contribution in [0.4, 0.5) is 0 Å². The number of aliphatic hydroxyl groups is 1. The number of hydrogen-bond acceptors (Lipinski definition) is 5. The van der Waals surface area contributed by atoms with E-state index < -0.39 is 0 Å². The molecule has 2 aliphatic rings. The van der Waals surface area contributed by atoms with Crippen LogP contribution in [-0.2, 0) is 6.54 Å². The maximum absolute atomic E-state index is 10.2. The van der Waals surface area contributed by atoms with E-state index in [1.807, 2.05) is 6.92 Å². The summed E-state index contributed by atoms with van der Waals surface area (Å²) in [6.45, 7) is 3.66. The van der Waals surface area contributed by atoms with E-state index in [1.165, 1.54) is 19.3 Å². The molecule has 1 aliphatic heterocycles. The summed E-state index contributed by atoms with van der Waals surface area (Å²) < 4.78 is 5.24. The lowest BCUT2D eigenvalue weighted by atomic mass is 9.88. The Morgan fingerprint density at radius 2 is 2.16 bits per heavy atom. The number of hydrogen-bond donors (Lipinski definition) is 1. The van der Waals surface area contributed by atoms with Crippen molar-refractivity contribution in [3.8, 4) is 0 Å². The molecule has 1 saturated heterocycles. The van der Waals surface area contributed by atoms with Crippen molar-refractivity contribution in [2.45, 2.75) is 64.1 Å². The van der Waals surface area contributed by atoms with Gasteiger partial charge in [0.2, 0.25) is 5.89 Å². The van der Waals surface area contributed by atoms with Gasteiger partial charge < -0.3 is 9.63 Å². The predicted molar refractivity (Wildman–Crippen MR) is 70.4 cm³/mol. The molecule has 5 nitrogen and oxygen atoms in total. The molecule has 3 rings (SSSR count). The van der Waals surface area contributed by atoms with Crippen LogP contribution in [0.3, 0.4) is 0 Å². The van der Waals surface area contributed by atoms with Crippen LogP contribution in [-0.4, -0.2) is 38.8 Å². The summed E-state index contributed by atoms with van der Waals surface area (Å²) in [6, 6.07) is 0.485. The average molecular weight is 265 g/mol. The molecular weight excluding hydrogens is 242 g/mol. The monoisotopic (exact) mass is 265 g/mol. The van der Waals surface area contributed by atoms with Gasteiger partial charge in [-0.05, 0) is 39.2 Å². The molecule has 1 saturated carbocycles. The first-order chi connectivity index (χ1) is 9.24. The first-order valence-corrected chi connectivity index (χ1v) is 7.45. The molecule has 1 aliphatic carbocycles. The number of aromatic nitrogens is 2. The number of rotatable bonds is 3. The molecule has 0 bridgehead atoms. The fourth-order valence-electron chi connectivity index (χ4n) is 3.69. The largest absolute Gasteiger partial charge is 0.393 e. The highest BCUT2D eigenvalue weighted by Crippen LogP contribution is 2.35. The Labute approximate surface area is 114 Å². The predicted octanol–water partition coefficient (Wildman–Crippen LogP) is 1.89. The van der Waals surface area contributed by atoms with Gasteiger partial charge in [-0.3, -0.25) is 4.90 Å². The summed E-state index contributed by atoms with van der Waals surface area (Å²) in [5.74, 6) is 1.84. The molecule has 0 amide bonds. The number of aliphatic hydroxyl groups excluding tert-OH is 1. The normalized spacial score (nSPS) is 32.8. The van der Waals surface area contributed by atoms with Gasteiger partial charge in [0.05, 0.1) is 12.6 Å². The zero-order chi connectivity index (χ0) is 13.2. The van der Waals surface area contributed by atoms with Crippen molar-refractivity contribution >= 4 is 0 Å². The van der Waals surface area contributed by atoms with Crippen LogP contribution in [0, 0.1) is 12.8 Å². The standard InChI is InChI=1S/C14H23N3O2/c1-10-15-14(19-16-10)9-17-8-3-2-6-12(17)11-5-4-7-13(11)18/h11-13,18H,2-9H2,1H3. The smallest absolute Gasteiger partial charge is 0.240 e. The second-order valence-electron chi connectivity index (χ2n) is 5.93. The fourth-order valence-corrected chi connectivity index (χ4v) is 3.69. The third kappa shape index (κ3) is 2.82. The van der Waals surface area contributed by atoms with Crippen LogP contribution in [0.25, 0.3) is 0 Å². The van der Waals surface area contributed by atoms with E-state index >= 15 is 0 Å². The minimum Gasteiger partial charge on any atom is -0.393 e. The molecule has 0 aromatic carbocycles. The summed E-state index contributed by atoms with van der Waals surface area (Å²) >= 11 is 0. The molecule has 0 radical (unpaired) electrons. The molecule has 1 aromatic heterocycles. The van der Waals surface area contributed by atoms with Gasteiger partial charge in [0, 0.05) is 12.0 Å². The number of nitrogens with zero attached hydrogens (tertiary/aromatic N) is 3. The van der Waals surface area contributed by atoms with E-state index in [2.05, 4.69) is 15.0 Å². The Balaban J connectivity index is 1.70. The lowest BCUT2D eigenvalue weighted by molar-refractivity contribution is 0.0262. The van der Waals surface area contributed by atoms with Gasteiger partial charge in [0.15, 0.2) is 5.82 Å². The van der Waals surface area contributed by atoms with Gasteiger partial charge >= 0.3 is 0 Å². The third-order valence-electron chi connectivity index (χ3n) is 4.60. The molecule has 106 valence electrons. The van der Waals surface area contributed by atoms with E-state index in [9.17, 15) is 5.11 Å². The molecule has 19 heavy (non-hydrogen) atoms. The molecule has 3 unspecified atom stereocenters. The third-order valence-corrected chi connectivity index (χ3v) is 4.60. The van der Waals surface area contributed by atoms with Gasteiger partial charge in [0.25, 0.3) is 0 Å². The van der Waals surface area contributed by atoms with Crippen molar-refractivity contribution in [3.05, 3.63) is 11.7 Å². The van der Waals surface area contributed by atoms with Crippen molar-refractivity contribution in [1.29, 1.82) is 0 Å². The number of likely N-dealkylation sites (tertiary alicyclic amines) is 1. The summed E-state index contributed by atoms with van der Waals surface area (Å²) in [6.07, 6.45) is 6.86. The van der Waals surface area contributed by atoms with Crippen molar-refractivity contribution in [2.75, 3.05) is 6.54 Å². The van der Waals surface area contributed by atoms with Crippen molar-refractivity contribution < 1.29 is 9.63 Å². The minimum atomic E-state index is -0.116. The maximum atomic E-state index is 10.2. The quantitative estimate of drug-likeness (QED) is 0.904. The second kappa shape index (κ2) is 5.59. The lowest BCUT2D eigenvalue weighted by Crippen LogP contribution is -2.45. The van der Waals surface area contributed by atoms with Gasteiger partial charge in [-0.1, -0.05) is 18.0 Å². The highest BCUT2D eigenvalue weighted by atomic mass is 16.5. The van der Waals surface area contributed by atoms with Crippen LogP contribution < -0.4 is 0 Å². The van der Waals surface area contributed by atoms with Crippen LogP contribution in [0.1, 0.15) is 50.2 Å². The maximum Gasteiger partial charge on any atom is 0.240 e. The second-order valence-corrected chi connectivity index (χ2v) is 5.93. The fraction of sp³-hybridized carbons (Fsp3) is 0.857. The van der Waals surface area contributed by atoms with Crippen LogP contribution in [0.2, 0.25) is 0 Å². The Bertz CT molecular complexity index is 421. The zero-order valence-electron chi connectivity index (χ0n) is 11.6. The van der Waals surface area contributed by atoms with Crippen LogP contribution in [0.5, 0.6) is 0 Å². The Hall–Kier alpha value is -0.940. The van der Waals surface area contributed by atoms with Crippen molar-refractivity contribution in [3.63, 3.8) is 0 Å². The zero-order valence-corrected chi connectivity index (χ0v) is 11.6. The number of aryl methyl sites for hydroxylation is 1. The topological polar surface area (TPSA) is 62.4 Å². The number of piperidine rings is 1. The summed E-state index contributed by atoms with van der Waals surface area (Å²) in [5.41, 5.74) is 0. The van der Waals surface area contributed by atoms with Gasteiger partial charge in [-0.25, -0.2) is 0 Å². The molecule has 1 aromatic rings. The summed E-state index contributed by atoms with van der Waals surface area (Å²) in [4.78, 5) is 6.74. The first-order valence-electron chi connectivity index (χ1n) is 7.45. The van der Waals surface area contributed by atoms with E-state index in [0.29, 0.717) is 23.7 Å². The van der Waals surface area contributed by atoms with E-state index in [4.69, 9.17) is 4.52 Å². The molecule has 2 fully saturated rings. The Morgan fingerprint density at radius 1 is 1.26 bits per heavy atom. The minimum absolute atomic E-state index is 0.116. The molecule has 2 heterocycles. The molecule has 0 spiro atoms. The average Bonchev–Trinajstić information content (AvgIpc) is 2.99. The van der Waals surface area contributed by atoms with E-state index in [0.717, 1.165) is 32.4 Å².